The fraction of sp³-hybridized carbons (Fsp3) is 0.381. The van der Waals surface area contributed by atoms with Crippen molar-refractivity contribution in [3.63, 3.8) is 0 Å². The van der Waals surface area contributed by atoms with Gasteiger partial charge in [-0.15, -0.1) is 0 Å². The van der Waals surface area contributed by atoms with Crippen LogP contribution in [-0.2, 0) is 12.8 Å². The maximum Gasteiger partial charge on any atom is 0.0725 e. The lowest BCUT2D eigenvalue weighted by molar-refractivity contribution is 0.420. The molecule has 1 aliphatic carbocycles. The molecule has 0 bridgehead atoms. The molecule has 0 spiro atoms. The molecule has 0 saturated carbocycles. The Hall–Kier alpha value is -1.64. The highest BCUT2D eigenvalue weighted by Crippen LogP contribution is 2.31. The normalized spacial score (nSPS) is 15.3. The van der Waals surface area contributed by atoms with Crippen molar-refractivity contribution in [2.75, 3.05) is 27.2 Å². The second-order valence-electron chi connectivity index (χ2n) is 6.89. The Morgan fingerprint density at radius 3 is 2.54 bits per heavy atom. The predicted octanol–water partition coefficient (Wildman–Crippen LogP) is 4.45. The Morgan fingerprint density at radius 1 is 1.04 bits per heavy atom. The molecule has 0 aliphatic heterocycles. The van der Waals surface area contributed by atoms with Gasteiger partial charge in [-0.25, -0.2) is 0 Å². The van der Waals surface area contributed by atoms with Gasteiger partial charge >= 0.3 is 0 Å². The van der Waals surface area contributed by atoms with Gasteiger partial charge in [0.2, 0.25) is 0 Å². The van der Waals surface area contributed by atoms with Crippen molar-refractivity contribution in [2.24, 2.45) is 4.99 Å². The van der Waals surface area contributed by atoms with Crippen LogP contribution in [0.5, 0.6) is 0 Å². The third kappa shape index (κ3) is 3.40. The van der Waals surface area contributed by atoms with Crippen LogP contribution in [0.15, 0.2) is 35.3 Å². The van der Waals surface area contributed by atoms with E-state index in [1.165, 1.54) is 33.4 Å². The van der Waals surface area contributed by atoms with Gasteiger partial charge in [-0.05, 0) is 75.2 Å². The van der Waals surface area contributed by atoms with Gasteiger partial charge in [0.15, 0.2) is 0 Å². The van der Waals surface area contributed by atoms with E-state index in [0.29, 0.717) is 0 Å². The van der Waals surface area contributed by atoms with E-state index < -0.39 is 0 Å². The molecule has 24 heavy (non-hydrogen) atoms. The molecule has 0 aromatic heterocycles. The second-order valence-corrected chi connectivity index (χ2v) is 7.30. The van der Waals surface area contributed by atoms with E-state index in [0.717, 1.165) is 36.7 Å². The van der Waals surface area contributed by atoms with Crippen molar-refractivity contribution in [3.05, 3.63) is 68.7 Å². The Bertz CT molecular complexity index is 791. The Balaban J connectivity index is 2.17. The lowest BCUT2D eigenvalue weighted by atomic mass is 9.94. The third-order valence-corrected chi connectivity index (χ3v) is 5.16. The van der Waals surface area contributed by atoms with Gasteiger partial charge in [0.1, 0.15) is 0 Å². The topological polar surface area (TPSA) is 15.6 Å². The zero-order chi connectivity index (χ0) is 17.3. The molecule has 2 nitrogen and oxygen atoms in total. The smallest absolute Gasteiger partial charge is 0.0725 e. The number of likely N-dealkylation sites (N-methyl/N-ethyl adjacent to an activating group) is 1. The molecule has 0 amide bonds. The summed E-state index contributed by atoms with van der Waals surface area (Å²) in [6.45, 7) is 6.10. The summed E-state index contributed by atoms with van der Waals surface area (Å²) in [4.78, 5) is 7.16. The quantitative estimate of drug-likeness (QED) is 0.805. The Kier molecular flexibility index (Phi) is 5.07. The molecule has 0 unspecified atom stereocenters. The van der Waals surface area contributed by atoms with Crippen molar-refractivity contribution in [1.29, 1.82) is 0 Å². The largest absolute Gasteiger partial charge is 0.308 e. The number of aliphatic imine (C=N–C) groups is 1. The molecule has 0 radical (unpaired) electrons. The molecule has 3 heteroatoms. The van der Waals surface area contributed by atoms with Gasteiger partial charge in [0.05, 0.1) is 12.3 Å². The molecule has 0 fully saturated rings. The molecular formula is C21H25ClN2. The van der Waals surface area contributed by atoms with Gasteiger partial charge in [-0.1, -0.05) is 29.8 Å². The molecule has 0 heterocycles. The first-order valence-corrected chi connectivity index (χ1v) is 8.92. The molecular weight excluding hydrogens is 316 g/mol. The summed E-state index contributed by atoms with van der Waals surface area (Å²) in [5.74, 6) is 0. The molecule has 3 rings (SSSR count). The van der Waals surface area contributed by atoms with Gasteiger partial charge in [-0.3, -0.25) is 4.99 Å². The average molecular weight is 341 g/mol. The molecule has 2 aromatic carbocycles. The van der Waals surface area contributed by atoms with E-state index in [1.54, 1.807) is 0 Å². The van der Waals surface area contributed by atoms with E-state index in [4.69, 9.17) is 16.6 Å². The van der Waals surface area contributed by atoms with Crippen LogP contribution in [0, 0.1) is 13.8 Å². The van der Waals surface area contributed by atoms with Crippen molar-refractivity contribution in [1.82, 2.24) is 4.90 Å². The van der Waals surface area contributed by atoms with Crippen molar-refractivity contribution >= 4 is 17.3 Å². The van der Waals surface area contributed by atoms with Crippen LogP contribution in [-0.4, -0.2) is 37.8 Å². The number of hydrogen-bond acceptors (Lipinski definition) is 2. The van der Waals surface area contributed by atoms with E-state index >= 15 is 0 Å². The highest BCUT2D eigenvalue weighted by molar-refractivity contribution is 6.32. The number of fused-ring (bicyclic) bond motifs is 2. The average Bonchev–Trinajstić information content (AvgIpc) is 2.67. The summed E-state index contributed by atoms with van der Waals surface area (Å²) in [5, 5.41) is 0.856. The Morgan fingerprint density at radius 2 is 1.79 bits per heavy atom. The van der Waals surface area contributed by atoms with Crippen LogP contribution in [0.1, 0.15) is 33.4 Å². The highest BCUT2D eigenvalue weighted by atomic mass is 35.5. The Labute approximate surface area is 150 Å². The van der Waals surface area contributed by atoms with E-state index in [9.17, 15) is 0 Å². The molecule has 0 N–H and O–H groups in total. The molecule has 126 valence electrons. The van der Waals surface area contributed by atoms with E-state index in [2.05, 4.69) is 51.0 Å². The number of hydrogen-bond donors (Lipinski definition) is 0. The molecule has 1 aliphatic rings. The van der Waals surface area contributed by atoms with Crippen LogP contribution < -0.4 is 0 Å². The maximum atomic E-state index is 6.51. The summed E-state index contributed by atoms with van der Waals surface area (Å²) in [6, 6.07) is 10.8. The number of nitrogens with zero attached hydrogens (tertiary/aromatic N) is 2. The number of benzene rings is 2. The minimum absolute atomic E-state index is 0.792. The minimum Gasteiger partial charge on any atom is -0.308 e. The van der Waals surface area contributed by atoms with Crippen LogP contribution in [0.4, 0.5) is 0 Å². The summed E-state index contributed by atoms with van der Waals surface area (Å²) in [6.07, 6.45) is 1.98. The summed E-state index contributed by atoms with van der Waals surface area (Å²) in [5.41, 5.74) is 8.85. The summed E-state index contributed by atoms with van der Waals surface area (Å²) in [7, 11) is 4.17. The van der Waals surface area contributed by atoms with Crippen molar-refractivity contribution in [3.8, 4) is 0 Å². The fourth-order valence-corrected chi connectivity index (χ4v) is 3.54. The second kappa shape index (κ2) is 7.08. The predicted molar refractivity (Wildman–Crippen MR) is 104 cm³/mol. The summed E-state index contributed by atoms with van der Waals surface area (Å²) >= 11 is 6.51. The molecule has 0 atom stereocenters. The third-order valence-electron chi connectivity index (χ3n) is 4.81. The SMILES string of the molecule is Cc1cc2c(cc1C)/C(=N/CCN(C)C)c1cccc(Cl)c1CC2. The van der Waals surface area contributed by atoms with Crippen LogP contribution in [0.25, 0.3) is 0 Å². The van der Waals surface area contributed by atoms with Gasteiger partial charge in [0.25, 0.3) is 0 Å². The lowest BCUT2D eigenvalue weighted by Gasteiger charge is -2.14. The monoisotopic (exact) mass is 340 g/mol. The highest BCUT2D eigenvalue weighted by Gasteiger charge is 2.21. The molecule has 2 aromatic rings. The minimum atomic E-state index is 0.792. The first-order chi connectivity index (χ1) is 11.5. The van der Waals surface area contributed by atoms with Gasteiger partial charge < -0.3 is 4.90 Å². The first kappa shape index (κ1) is 17.2. The van der Waals surface area contributed by atoms with Crippen molar-refractivity contribution < 1.29 is 0 Å². The van der Waals surface area contributed by atoms with Gasteiger partial charge in [-0.2, -0.15) is 0 Å². The zero-order valence-corrected chi connectivity index (χ0v) is 15.7. The lowest BCUT2D eigenvalue weighted by Crippen LogP contribution is -2.17. The summed E-state index contributed by atoms with van der Waals surface area (Å²) < 4.78 is 0. The van der Waals surface area contributed by atoms with Crippen molar-refractivity contribution in [2.45, 2.75) is 26.7 Å². The molecule has 0 saturated heterocycles. The maximum absolute atomic E-state index is 6.51. The van der Waals surface area contributed by atoms with Gasteiger partial charge in [0, 0.05) is 22.7 Å². The van der Waals surface area contributed by atoms with E-state index in [1.807, 2.05) is 12.1 Å². The number of halogens is 1. The van der Waals surface area contributed by atoms with E-state index in [-0.39, 0.29) is 0 Å². The first-order valence-electron chi connectivity index (χ1n) is 8.55. The van der Waals surface area contributed by atoms with Crippen LogP contribution >= 0.6 is 11.6 Å². The zero-order valence-electron chi connectivity index (χ0n) is 15.0. The fourth-order valence-electron chi connectivity index (χ4n) is 3.27. The standard InChI is InChI=1S/C21H25ClN2/c1-14-12-16-8-9-17-18(6-5-7-20(17)22)21(19(16)13-15(14)2)23-10-11-24(3)4/h5-7,12-13H,8-11H2,1-4H3/b23-21+. The number of aryl methyl sites for hydroxylation is 3. The van der Waals surface area contributed by atoms with Crippen LogP contribution in [0.2, 0.25) is 5.02 Å². The number of rotatable bonds is 3. The van der Waals surface area contributed by atoms with Crippen LogP contribution in [0.3, 0.4) is 0 Å².